The van der Waals surface area contributed by atoms with E-state index < -0.39 is 5.97 Å². The summed E-state index contributed by atoms with van der Waals surface area (Å²) < 4.78 is 5.69. The molecule has 1 N–H and O–H groups in total. The first kappa shape index (κ1) is 9.21. The third-order valence-corrected chi connectivity index (χ3v) is 2.90. The molecule has 2 aliphatic rings. The predicted octanol–water partition coefficient (Wildman–Crippen LogP) is 2.49. The van der Waals surface area contributed by atoms with Gasteiger partial charge in [-0.3, -0.25) is 0 Å². The Kier molecular flexibility index (Phi) is 1.86. The van der Waals surface area contributed by atoms with Gasteiger partial charge >= 0.3 is 5.97 Å². The molecule has 80 valence electrons. The van der Waals surface area contributed by atoms with Crippen molar-refractivity contribution in [3.05, 3.63) is 47.6 Å². The van der Waals surface area contributed by atoms with Crippen LogP contribution in [0.4, 0.5) is 0 Å². The molecule has 0 aromatic heterocycles. The topological polar surface area (TPSA) is 46.5 Å². The summed E-state index contributed by atoms with van der Waals surface area (Å²) in [6.07, 6.45) is 6.73. The van der Waals surface area contributed by atoms with Crippen molar-refractivity contribution in [3.63, 3.8) is 0 Å². The summed E-state index contributed by atoms with van der Waals surface area (Å²) in [4.78, 5) is 11.1. The average molecular weight is 214 g/mol. The Morgan fingerprint density at radius 3 is 3.12 bits per heavy atom. The van der Waals surface area contributed by atoms with E-state index in [0.717, 1.165) is 17.6 Å². The van der Waals surface area contributed by atoms with Crippen molar-refractivity contribution in [2.75, 3.05) is 0 Å². The van der Waals surface area contributed by atoms with Crippen molar-refractivity contribution in [2.24, 2.45) is 0 Å². The number of hydrogen-bond acceptors (Lipinski definition) is 2. The quantitative estimate of drug-likeness (QED) is 0.781. The van der Waals surface area contributed by atoms with Crippen LogP contribution in [0.15, 0.2) is 36.4 Å². The number of fused-ring (bicyclic) bond motifs is 4. The minimum absolute atomic E-state index is 0.0204. The highest BCUT2D eigenvalue weighted by Crippen LogP contribution is 2.39. The molecule has 0 radical (unpaired) electrons. The predicted molar refractivity (Wildman–Crippen MR) is 59.6 cm³/mol. The molecule has 0 spiro atoms. The van der Waals surface area contributed by atoms with Crippen LogP contribution in [0.2, 0.25) is 0 Å². The van der Waals surface area contributed by atoms with E-state index in [4.69, 9.17) is 9.84 Å². The van der Waals surface area contributed by atoms with Crippen LogP contribution in [0.3, 0.4) is 0 Å². The molecular weight excluding hydrogens is 204 g/mol. The molecular formula is C13H10O3. The molecule has 1 aromatic rings. The second-order valence-electron chi connectivity index (χ2n) is 3.92. The zero-order valence-corrected chi connectivity index (χ0v) is 8.51. The van der Waals surface area contributed by atoms with E-state index in [1.807, 2.05) is 24.3 Å². The van der Waals surface area contributed by atoms with Crippen molar-refractivity contribution >= 4 is 11.5 Å². The van der Waals surface area contributed by atoms with E-state index in [1.54, 1.807) is 12.1 Å². The molecule has 1 aliphatic heterocycles. The van der Waals surface area contributed by atoms with Gasteiger partial charge in [-0.05, 0) is 17.7 Å². The van der Waals surface area contributed by atoms with Gasteiger partial charge in [0.15, 0.2) is 0 Å². The number of allylic oxidation sites excluding steroid dienone is 2. The largest absolute Gasteiger partial charge is 0.484 e. The third-order valence-electron chi connectivity index (χ3n) is 2.90. The monoisotopic (exact) mass is 214 g/mol. The summed E-state index contributed by atoms with van der Waals surface area (Å²) in [5, 5.41) is 9.09. The smallest absolute Gasteiger partial charge is 0.339 e. The molecule has 0 fully saturated rings. The highest BCUT2D eigenvalue weighted by Gasteiger charge is 2.27. The van der Waals surface area contributed by atoms with Crippen molar-refractivity contribution in [1.29, 1.82) is 0 Å². The summed E-state index contributed by atoms with van der Waals surface area (Å²) >= 11 is 0. The van der Waals surface area contributed by atoms with E-state index >= 15 is 0 Å². The molecule has 1 heterocycles. The van der Waals surface area contributed by atoms with Gasteiger partial charge in [0.05, 0.1) is 0 Å². The molecule has 0 saturated heterocycles. The van der Waals surface area contributed by atoms with Crippen LogP contribution in [-0.4, -0.2) is 17.2 Å². The van der Waals surface area contributed by atoms with Crippen molar-refractivity contribution in [1.82, 2.24) is 0 Å². The standard InChI is InChI=1S/C13H10O3/c14-13(15)11-6-2-5-10-8-3-1-4-9(7-8)16-12(10)11/h1-6,9H,7H2,(H,14,15). The van der Waals surface area contributed by atoms with E-state index in [9.17, 15) is 4.79 Å². The molecule has 1 unspecified atom stereocenters. The maximum Gasteiger partial charge on any atom is 0.339 e. The van der Waals surface area contributed by atoms with Gasteiger partial charge in [0.2, 0.25) is 0 Å². The van der Waals surface area contributed by atoms with E-state index in [0.29, 0.717) is 5.75 Å². The SMILES string of the molecule is O=C(O)c1cccc2c1OC1C=CC=C2C1. The van der Waals surface area contributed by atoms with Gasteiger partial charge in [0, 0.05) is 12.0 Å². The number of aromatic carboxylic acids is 1. The number of benzene rings is 1. The maximum absolute atomic E-state index is 11.1. The molecule has 0 saturated carbocycles. The Morgan fingerprint density at radius 1 is 1.44 bits per heavy atom. The normalized spacial score (nSPS) is 20.8. The number of para-hydroxylation sites is 1. The minimum atomic E-state index is -0.943. The molecule has 1 aliphatic carbocycles. The van der Waals surface area contributed by atoms with Crippen molar-refractivity contribution in [2.45, 2.75) is 12.5 Å². The first-order valence-corrected chi connectivity index (χ1v) is 5.16. The number of hydrogen-bond donors (Lipinski definition) is 1. The Balaban J connectivity index is 2.22. The van der Waals surface area contributed by atoms with Crippen LogP contribution in [-0.2, 0) is 0 Å². The lowest BCUT2D eigenvalue weighted by molar-refractivity contribution is 0.0690. The summed E-state index contributed by atoms with van der Waals surface area (Å²) in [6, 6.07) is 5.24. The van der Waals surface area contributed by atoms with Gasteiger partial charge in [-0.15, -0.1) is 0 Å². The molecule has 3 rings (SSSR count). The van der Waals surface area contributed by atoms with Crippen LogP contribution < -0.4 is 4.74 Å². The fraction of sp³-hybridized carbons (Fsp3) is 0.154. The summed E-state index contributed by atoms with van der Waals surface area (Å²) in [6.45, 7) is 0. The lowest BCUT2D eigenvalue weighted by Gasteiger charge is -2.29. The Bertz CT molecular complexity index is 526. The lowest BCUT2D eigenvalue weighted by atomic mass is 9.91. The lowest BCUT2D eigenvalue weighted by Crippen LogP contribution is -2.23. The van der Waals surface area contributed by atoms with E-state index in [2.05, 4.69) is 0 Å². The molecule has 3 nitrogen and oxygen atoms in total. The van der Waals surface area contributed by atoms with Crippen molar-refractivity contribution < 1.29 is 14.6 Å². The Labute approximate surface area is 92.7 Å². The molecule has 1 atom stereocenters. The minimum Gasteiger partial charge on any atom is -0.484 e. The summed E-state index contributed by atoms with van der Waals surface area (Å²) in [5.41, 5.74) is 2.29. The van der Waals surface area contributed by atoms with Gasteiger partial charge in [-0.2, -0.15) is 0 Å². The van der Waals surface area contributed by atoms with Gasteiger partial charge in [0.1, 0.15) is 17.4 Å². The van der Waals surface area contributed by atoms with Crippen LogP contribution in [0, 0.1) is 0 Å². The number of ether oxygens (including phenoxy) is 1. The van der Waals surface area contributed by atoms with Crippen LogP contribution in [0.5, 0.6) is 5.75 Å². The van der Waals surface area contributed by atoms with Crippen LogP contribution in [0.25, 0.3) is 5.57 Å². The number of rotatable bonds is 1. The second-order valence-corrected chi connectivity index (χ2v) is 3.92. The number of carboxylic acid groups (broad SMARTS) is 1. The fourth-order valence-corrected chi connectivity index (χ4v) is 2.17. The zero-order chi connectivity index (χ0) is 11.1. The first-order chi connectivity index (χ1) is 7.75. The number of carbonyl (C=O) groups is 1. The first-order valence-electron chi connectivity index (χ1n) is 5.16. The van der Waals surface area contributed by atoms with Gasteiger partial charge in [-0.1, -0.05) is 24.3 Å². The third kappa shape index (κ3) is 1.25. The van der Waals surface area contributed by atoms with E-state index in [-0.39, 0.29) is 11.7 Å². The van der Waals surface area contributed by atoms with Gasteiger partial charge in [0.25, 0.3) is 0 Å². The number of carboxylic acids is 1. The Morgan fingerprint density at radius 2 is 2.31 bits per heavy atom. The van der Waals surface area contributed by atoms with E-state index in [1.165, 1.54) is 0 Å². The van der Waals surface area contributed by atoms with Gasteiger partial charge in [-0.25, -0.2) is 4.79 Å². The average Bonchev–Trinajstić information content (AvgIpc) is 2.28. The van der Waals surface area contributed by atoms with Crippen LogP contribution >= 0.6 is 0 Å². The summed E-state index contributed by atoms with van der Waals surface area (Å²) in [7, 11) is 0. The fourth-order valence-electron chi connectivity index (χ4n) is 2.17. The maximum atomic E-state index is 11.1. The molecule has 0 amide bonds. The van der Waals surface area contributed by atoms with Gasteiger partial charge < -0.3 is 9.84 Å². The summed E-state index contributed by atoms with van der Waals surface area (Å²) in [5.74, 6) is -0.441. The second kappa shape index (κ2) is 3.23. The molecule has 3 heteroatoms. The molecule has 16 heavy (non-hydrogen) atoms. The molecule has 2 bridgehead atoms. The Hall–Kier alpha value is -2.03. The van der Waals surface area contributed by atoms with Crippen molar-refractivity contribution in [3.8, 4) is 5.75 Å². The van der Waals surface area contributed by atoms with Crippen LogP contribution in [0.1, 0.15) is 22.3 Å². The highest BCUT2D eigenvalue weighted by atomic mass is 16.5. The highest BCUT2D eigenvalue weighted by molar-refractivity contribution is 5.94. The molecule has 1 aromatic carbocycles. The zero-order valence-electron chi connectivity index (χ0n) is 8.51.